The third-order valence-corrected chi connectivity index (χ3v) is 5.01. The van der Waals surface area contributed by atoms with E-state index in [-0.39, 0.29) is 29.8 Å². The number of carbonyl (C=O) groups is 2. The molecule has 0 saturated heterocycles. The summed E-state index contributed by atoms with van der Waals surface area (Å²) < 4.78 is 10.6. The van der Waals surface area contributed by atoms with Gasteiger partial charge in [0.05, 0.1) is 7.11 Å². The monoisotopic (exact) mass is 450 g/mol. The lowest BCUT2D eigenvalue weighted by molar-refractivity contribution is -0.121. The summed E-state index contributed by atoms with van der Waals surface area (Å²) in [6.45, 7) is 5.38. The van der Waals surface area contributed by atoms with Crippen LogP contribution in [0.3, 0.4) is 0 Å². The first-order valence-electron chi connectivity index (χ1n) is 11.0. The fourth-order valence-corrected chi connectivity index (χ4v) is 3.35. The largest absolute Gasteiger partial charge is 0.497 e. The third-order valence-electron chi connectivity index (χ3n) is 5.01. The summed E-state index contributed by atoms with van der Waals surface area (Å²) in [6, 6.07) is 14.6. The van der Waals surface area contributed by atoms with E-state index in [4.69, 9.17) is 9.26 Å². The van der Waals surface area contributed by atoms with Crippen LogP contribution in [-0.4, -0.2) is 53.6 Å². The van der Waals surface area contributed by atoms with E-state index in [0.29, 0.717) is 31.8 Å². The van der Waals surface area contributed by atoms with Gasteiger partial charge in [0.1, 0.15) is 5.75 Å². The Labute approximate surface area is 193 Å². The Morgan fingerprint density at radius 3 is 2.61 bits per heavy atom. The molecule has 1 aromatic carbocycles. The van der Waals surface area contributed by atoms with E-state index in [1.165, 1.54) is 0 Å². The minimum atomic E-state index is -0.256. The van der Waals surface area contributed by atoms with E-state index in [2.05, 4.69) is 15.5 Å². The normalized spacial score (nSPS) is 10.8. The number of ether oxygens (including phenoxy) is 1. The number of pyridine rings is 1. The van der Waals surface area contributed by atoms with Gasteiger partial charge in [0.2, 0.25) is 5.91 Å². The van der Waals surface area contributed by atoms with Gasteiger partial charge in [0.25, 0.3) is 5.91 Å². The Bertz CT molecular complexity index is 1030. The number of aromatic nitrogens is 2. The van der Waals surface area contributed by atoms with E-state index in [0.717, 1.165) is 17.0 Å². The topological polar surface area (TPSA) is 97.6 Å². The van der Waals surface area contributed by atoms with Gasteiger partial charge in [0, 0.05) is 56.0 Å². The maximum absolute atomic E-state index is 13.1. The van der Waals surface area contributed by atoms with Crippen molar-refractivity contribution >= 4 is 11.8 Å². The van der Waals surface area contributed by atoms with Crippen molar-refractivity contribution in [2.45, 2.75) is 26.7 Å². The molecule has 0 unspecified atom stereocenters. The number of rotatable bonds is 11. The predicted octanol–water partition coefficient (Wildman–Crippen LogP) is 3.59. The number of nitrogens with zero attached hydrogens (tertiary/aromatic N) is 3. The fraction of sp³-hybridized carbons (Fsp3) is 0.360. The van der Waals surface area contributed by atoms with Gasteiger partial charge >= 0.3 is 0 Å². The molecule has 1 N–H and O–H groups in total. The molecule has 0 bridgehead atoms. The lowest BCUT2D eigenvalue weighted by atomic mass is 10.1. The quantitative estimate of drug-likeness (QED) is 0.479. The average molecular weight is 451 g/mol. The van der Waals surface area contributed by atoms with Crippen LogP contribution in [0.1, 0.15) is 36.5 Å². The molecule has 2 aromatic heterocycles. The number of methoxy groups -OCH3 is 1. The summed E-state index contributed by atoms with van der Waals surface area (Å²) in [5, 5.41) is 6.86. The van der Waals surface area contributed by atoms with Crippen LogP contribution in [0.25, 0.3) is 11.3 Å². The van der Waals surface area contributed by atoms with E-state index in [1.54, 1.807) is 24.3 Å². The maximum atomic E-state index is 13.1. The highest BCUT2D eigenvalue weighted by atomic mass is 16.5. The van der Waals surface area contributed by atoms with Gasteiger partial charge in [-0.05, 0) is 42.3 Å². The van der Waals surface area contributed by atoms with Gasteiger partial charge in [-0.15, -0.1) is 0 Å². The van der Waals surface area contributed by atoms with Crippen LogP contribution in [0.4, 0.5) is 0 Å². The van der Waals surface area contributed by atoms with Crippen molar-refractivity contribution < 1.29 is 18.8 Å². The van der Waals surface area contributed by atoms with Crippen LogP contribution in [0.15, 0.2) is 59.3 Å². The van der Waals surface area contributed by atoms with Gasteiger partial charge in [-0.25, -0.2) is 0 Å². The van der Waals surface area contributed by atoms with Crippen LogP contribution in [0, 0.1) is 5.92 Å². The molecule has 3 aromatic rings. The van der Waals surface area contributed by atoms with Gasteiger partial charge in [-0.2, -0.15) is 0 Å². The SMILES string of the molecule is COc1ccc(-c2cc(C(=O)N(CCC(=O)NCCc3ccccn3)CC(C)C)no2)cc1. The Morgan fingerprint density at radius 1 is 1.15 bits per heavy atom. The molecule has 3 rings (SSSR count). The average Bonchev–Trinajstić information content (AvgIpc) is 3.32. The molecule has 174 valence electrons. The second-order valence-corrected chi connectivity index (χ2v) is 8.12. The van der Waals surface area contributed by atoms with Crippen molar-refractivity contribution in [3.63, 3.8) is 0 Å². The van der Waals surface area contributed by atoms with Gasteiger partial charge in [0.15, 0.2) is 11.5 Å². The zero-order valence-corrected chi connectivity index (χ0v) is 19.3. The van der Waals surface area contributed by atoms with E-state index >= 15 is 0 Å². The molecule has 2 heterocycles. The van der Waals surface area contributed by atoms with Crippen LogP contribution in [0.2, 0.25) is 0 Å². The smallest absolute Gasteiger partial charge is 0.276 e. The van der Waals surface area contributed by atoms with Crippen LogP contribution in [-0.2, 0) is 11.2 Å². The number of hydrogen-bond donors (Lipinski definition) is 1. The second-order valence-electron chi connectivity index (χ2n) is 8.12. The molecule has 2 amide bonds. The zero-order chi connectivity index (χ0) is 23.6. The highest BCUT2D eigenvalue weighted by Crippen LogP contribution is 2.23. The highest BCUT2D eigenvalue weighted by Gasteiger charge is 2.22. The summed E-state index contributed by atoms with van der Waals surface area (Å²) in [4.78, 5) is 31.3. The molecule has 0 radical (unpaired) electrons. The predicted molar refractivity (Wildman–Crippen MR) is 125 cm³/mol. The molecule has 0 fully saturated rings. The molecule has 33 heavy (non-hydrogen) atoms. The third kappa shape index (κ3) is 7.17. The molecule has 0 aliphatic rings. The first-order chi connectivity index (χ1) is 16.0. The Balaban J connectivity index is 1.57. The Hall–Kier alpha value is -3.68. The molecule has 0 saturated carbocycles. The molecule has 8 nitrogen and oxygen atoms in total. The van der Waals surface area contributed by atoms with Crippen LogP contribution in [0.5, 0.6) is 5.75 Å². The standard InChI is InChI=1S/C25H30N4O4/c1-18(2)17-29(15-12-24(30)27-14-11-20-6-4-5-13-26-20)25(31)22-16-23(33-28-22)19-7-9-21(32-3)10-8-19/h4-10,13,16,18H,11-12,14-15,17H2,1-3H3,(H,27,30). The van der Waals surface area contributed by atoms with Crippen molar-refractivity contribution in [2.24, 2.45) is 5.92 Å². The highest BCUT2D eigenvalue weighted by molar-refractivity contribution is 5.93. The number of amides is 2. The lowest BCUT2D eigenvalue weighted by Crippen LogP contribution is -2.38. The van der Waals surface area contributed by atoms with E-state index in [1.807, 2.05) is 56.3 Å². The number of hydrogen-bond acceptors (Lipinski definition) is 6. The fourth-order valence-electron chi connectivity index (χ4n) is 3.35. The Morgan fingerprint density at radius 2 is 1.94 bits per heavy atom. The number of carbonyl (C=O) groups excluding carboxylic acids is 2. The second kappa shape index (κ2) is 11.8. The van der Waals surface area contributed by atoms with Gasteiger partial charge < -0.3 is 19.5 Å². The molecular weight excluding hydrogens is 420 g/mol. The van der Waals surface area contributed by atoms with E-state index < -0.39 is 0 Å². The molecular formula is C25H30N4O4. The minimum Gasteiger partial charge on any atom is -0.497 e. The number of benzene rings is 1. The van der Waals surface area contributed by atoms with Gasteiger partial charge in [-0.1, -0.05) is 25.1 Å². The minimum absolute atomic E-state index is 0.105. The first-order valence-corrected chi connectivity index (χ1v) is 11.0. The first kappa shape index (κ1) is 24.0. The molecule has 8 heteroatoms. The maximum Gasteiger partial charge on any atom is 0.276 e. The summed E-state index contributed by atoms with van der Waals surface area (Å²) in [5.41, 5.74) is 1.94. The van der Waals surface area contributed by atoms with Crippen molar-refractivity contribution in [1.82, 2.24) is 20.4 Å². The molecule has 0 aliphatic carbocycles. The molecule has 0 atom stereocenters. The summed E-state index contributed by atoms with van der Waals surface area (Å²) in [7, 11) is 1.60. The van der Waals surface area contributed by atoms with Crippen molar-refractivity contribution in [3.8, 4) is 17.1 Å². The summed E-state index contributed by atoms with van der Waals surface area (Å²) >= 11 is 0. The van der Waals surface area contributed by atoms with Crippen LogP contribution < -0.4 is 10.1 Å². The summed E-state index contributed by atoms with van der Waals surface area (Å²) in [5.74, 6) is 1.11. The lowest BCUT2D eigenvalue weighted by Gasteiger charge is -2.23. The molecule has 0 spiro atoms. The number of nitrogens with one attached hydrogen (secondary N) is 1. The molecule has 0 aliphatic heterocycles. The zero-order valence-electron chi connectivity index (χ0n) is 19.3. The van der Waals surface area contributed by atoms with Crippen molar-refractivity contribution in [3.05, 3.63) is 66.1 Å². The van der Waals surface area contributed by atoms with Crippen molar-refractivity contribution in [2.75, 3.05) is 26.7 Å². The summed E-state index contributed by atoms with van der Waals surface area (Å²) in [6.07, 6.45) is 2.61. The van der Waals surface area contributed by atoms with Crippen LogP contribution >= 0.6 is 0 Å². The van der Waals surface area contributed by atoms with E-state index in [9.17, 15) is 9.59 Å². The van der Waals surface area contributed by atoms with Crippen molar-refractivity contribution in [1.29, 1.82) is 0 Å². The van der Waals surface area contributed by atoms with Gasteiger partial charge in [-0.3, -0.25) is 14.6 Å². The Kier molecular flexibility index (Phi) is 8.57.